The minimum atomic E-state index is -0.703. The summed E-state index contributed by atoms with van der Waals surface area (Å²) in [7, 11) is 0. The zero-order valence-electron chi connectivity index (χ0n) is 9.84. The van der Waals surface area contributed by atoms with Crippen LogP contribution in [0.4, 0.5) is 0 Å². The third-order valence-corrected chi connectivity index (χ3v) is 2.19. The first-order valence-corrected chi connectivity index (χ1v) is 5.64. The van der Waals surface area contributed by atoms with E-state index in [0.717, 1.165) is 6.42 Å². The van der Waals surface area contributed by atoms with Gasteiger partial charge in [-0.05, 0) is 18.6 Å². The molecule has 0 saturated heterocycles. The van der Waals surface area contributed by atoms with E-state index in [9.17, 15) is 9.59 Å². The third kappa shape index (κ3) is 4.64. The van der Waals surface area contributed by atoms with Crippen LogP contribution in [-0.4, -0.2) is 18.4 Å². The van der Waals surface area contributed by atoms with Gasteiger partial charge >= 0.3 is 5.97 Å². The van der Waals surface area contributed by atoms with Crippen molar-refractivity contribution in [3.8, 4) is 0 Å². The van der Waals surface area contributed by atoms with Crippen LogP contribution in [0.2, 0.25) is 0 Å². The number of rotatable bonds is 6. The Labute approximate surface area is 101 Å². The predicted molar refractivity (Wildman–Crippen MR) is 65.8 cm³/mol. The van der Waals surface area contributed by atoms with E-state index >= 15 is 0 Å². The lowest BCUT2D eigenvalue weighted by molar-refractivity contribution is -0.115. The molecule has 0 radical (unpaired) electrons. The normalized spacial score (nSPS) is 12.3. The quantitative estimate of drug-likeness (QED) is 0.430. The maximum atomic E-state index is 11.6. The first kappa shape index (κ1) is 13.2. The van der Waals surface area contributed by atoms with Crippen molar-refractivity contribution in [3.05, 3.63) is 48.0 Å². The maximum Gasteiger partial charge on any atom is 0.338 e. The van der Waals surface area contributed by atoms with Crippen LogP contribution in [0.5, 0.6) is 0 Å². The molecule has 0 heterocycles. The Bertz CT molecular complexity index is 382. The number of hydrogen-bond donors (Lipinski definition) is 0. The van der Waals surface area contributed by atoms with Crippen LogP contribution in [0.1, 0.15) is 30.1 Å². The molecule has 0 saturated carbocycles. The molecule has 1 rings (SSSR count). The molecule has 0 N–H and O–H groups in total. The summed E-state index contributed by atoms with van der Waals surface area (Å²) >= 11 is 0. The second-order valence-corrected chi connectivity index (χ2v) is 3.56. The van der Waals surface area contributed by atoms with E-state index in [4.69, 9.17) is 4.74 Å². The minimum Gasteiger partial charge on any atom is -0.451 e. The molecule has 1 atom stereocenters. The molecule has 0 spiro atoms. The third-order valence-electron chi connectivity index (χ3n) is 2.19. The standard InChI is InChI=1S/C14H16O3/c1-2-3-5-10-13(11-15)17-14(16)12-8-6-4-7-9-12/h3-9,11,13H,2,10H2,1H3/b5-3-/t13-/m0/s1. The summed E-state index contributed by atoms with van der Waals surface area (Å²) < 4.78 is 5.07. The molecule has 1 aromatic carbocycles. The number of carbonyl (C=O) groups is 2. The predicted octanol–water partition coefficient (Wildman–Crippen LogP) is 2.77. The van der Waals surface area contributed by atoms with Gasteiger partial charge in [-0.3, -0.25) is 4.79 Å². The molecular formula is C14H16O3. The Balaban J connectivity index is 2.54. The van der Waals surface area contributed by atoms with Gasteiger partial charge in [-0.1, -0.05) is 37.3 Å². The van der Waals surface area contributed by atoms with Crippen molar-refractivity contribution in [3.63, 3.8) is 0 Å². The maximum absolute atomic E-state index is 11.6. The van der Waals surface area contributed by atoms with Gasteiger partial charge in [0.05, 0.1) is 5.56 Å². The molecule has 3 heteroatoms. The Kier molecular flexibility index (Phi) is 5.72. The lowest BCUT2D eigenvalue weighted by Crippen LogP contribution is -2.18. The molecule has 0 fully saturated rings. The Morgan fingerprint density at radius 3 is 2.59 bits per heavy atom. The van der Waals surface area contributed by atoms with Gasteiger partial charge in [-0.25, -0.2) is 4.79 Å². The lowest BCUT2D eigenvalue weighted by atomic mass is 10.2. The molecule has 0 amide bonds. The number of esters is 1. The van der Waals surface area contributed by atoms with E-state index in [1.807, 2.05) is 25.1 Å². The summed E-state index contributed by atoms with van der Waals surface area (Å²) in [6.45, 7) is 2.00. The molecule has 0 aliphatic heterocycles. The van der Waals surface area contributed by atoms with Crippen LogP contribution in [0.25, 0.3) is 0 Å². The minimum absolute atomic E-state index is 0.427. The fourth-order valence-electron chi connectivity index (χ4n) is 1.31. The largest absolute Gasteiger partial charge is 0.451 e. The van der Waals surface area contributed by atoms with Crippen molar-refractivity contribution >= 4 is 12.3 Å². The summed E-state index contributed by atoms with van der Waals surface area (Å²) in [5, 5.41) is 0. The van der Waals surface area contributed by atoms with Crippen molar-refractivity contribution in [2.24, 2.45) is 0 Å². The number of aldehydes is 1. The van der Waals surface area contributed by atoms with E-state index in [1.54, 1.807) is 24.3 Å². The Morgan fingerprint density at radius 1 is 1.29 bits per heavy atom. The highest BCUT2D eigenvalue weighted by Gasteiger charge is 2.13. The molecular weight excluding hydrogens is 216 g/mol. The summed E-state index contributed by atoms with van der Waals surface area (Å²) in [6.07, 6.45) is 5.06. The van der Waals surface area contributed by atoms with Crippen LogP contribution in [0.15, 0.2) is 42.5 Å². The average Bonchev–Trinajstić information content (AvgIpc) is 2.38. The number of benzene rings is 1. The van der Waals surface area contributed by atoms with E-state index in [1.165, 1.54) is 0 Å². The molecule has 1 aromatic rings. The molecule has 3 nitrogen and oxygen atoms in total. The second-order valence-electron chi connectivity index (χ2n) is 3.56. The SMILES string of the molecule is CC/C=C\C[C@@H](C=O)OC(=O)c1ccccc1. The van der Waals surface area contributed by atoms with Crippen LogP contribution in [0.3, 0.4) is 0 Å². The van der Waals surface area contributed by atoms with Gasteiger partial charge in [0.15, 0.2) is 12.4 Å². The number of hydrogen-bond acceptors (Lipinski definition) is 3. The van der Waals surface area contributed by atoms with Crippen LogP contribution < -0.4 is 0 Å². The topological polar surface area (TPSA) is 43.4 Å². The average molecular weight is 232 g/mol. The summed E-state index contributed by atoms with van der Waals surface area (Å²) in [5.41, 5.74) is 0.457. The zero-order chi connectivity index (χ0) is 12.5. The van der Waals surface area contributed by atoms with Gasteiger partial charge in [-0.15, -0.1) is 0 Å². The van der Waals surface area contributed by atoms with Gasteiger partial charge in [0.1, 0.15) is 0 Å². The highest BCUT2D eigenvalue weighted by molar-refractivity contribution is 5.90. The summed E-state index contributed by atoms with van der Waals surface area (Å²) in [6, 6.07) is 8.64. The summed E-state index contributed by atoms with van der Waals surface area (Å²) in [5.74, 6) is -0.465. The highest BCUT2D eigenvalue weighted by atomic mass is 16.5. The van der Waals surface area contributed by atoms with Crippen molar-refractivity contribution in [2.75, 3.05) is 0 Å². The fourth-order valence-corrected chi connectivity index (χ4v) is 1.31. The second kappa shape index (κ2) is 7.39. The van der Waals surface area contributed by atoms with Crippen LogP contribution in [0, 0.1) is 0 Å². The number of allylic oxidation sites excluding steroid dienone is 1. The van der Waals surface area contributed by atoms with E-state index in [-0.39, 0.29) is 0 Å². The lowest BCUT2D eigenvalue weighted by Gasteiger charge is -2.09. The van der Waals surface area contributed by atoms with E-state index < -0.39 is 12.1 Å². The van der Waals surface area contributed by atoms with E-state index in [0.29, 0.717) is 18.3 Å². The van der Waals surface area contributed by atoms with Crippen LogP contribution >= 0.6 is 0 Å². The molecule has 0 bridgehead atoms. The van der Waals surface area contributed by atoms with Gasteiger partial charge in [0, 0.05) is 6.42 Å². The molecule has 0 aliphatic rings. The monoisotopic (exact) mass is 232 g/mol. The van der Waals surface area contributed by atoms with Gasteiger partial charge in [-0.2, -0.15) is 0 Å². The highest BCUT2D eigenvalue weighted by Crippen LogP contribution is 2.05. The Morgan fingerprint density at radius 2 is 2.00 bits per heavy atom. The number of ether oxygens (including phenoxy) is 1. The van der Waals surface area contributed by atoms with Crippen molar-refractivity contribution in [2.45, 2.75) is 25.9 Å². The van der Waals surface area contributed by atoms with Crippen molar-refractivity contribution in [1.82, 2.24) is 0 Å². The first-order valence-electron chi connectivity index (χ1n) is 5.64. The van der Waals surface area contributed by atoms with Gasteiger partial charge in [0.25, 0.3) is 0 Å². The summed E-state index contributed by atoms with van der Waals surface area (Å²) in [4.78, 5) is 22.4. The van der Waals surface area contributed by atoms with Crippen LogP contribution in [-0.2, 0) is 9.53 Å². The zero-order valence-corrected chi connectivity index (χ0v) is 9.84. The molecule has 0 aromatic heterocycles. The first-order chi connectivity index (χ1) is 8.27. The van der Waals surface area contributed by atoms with Crippen molar-refractivity contribution < 1.29 is 14.3 Å². The molecule has 0 aliphatic carbocycles. The number of carbonyl (C=O) groups excluding carboxylic acids is 2. The molecule has 0 unspecified atom stereocenters. The van der Waals surface area contributed by atoms with Crippen molar-refractivity contribution in [1.29, 1.82) is 0 Å². The molecule has 17 heavy (non-hydrogen) atoms. The van der Waals surface area contributed by atoms with Gasteiger partial charge < -0.3 is 4.74 Å². The fraction of sp³-hybridized carbons (Fsp3) is 0.286. The van der Waals surface area contributed by atoms with Gasteiger partial charge in [0.2, 0.25) is 0 Å². The Hall–Kier alpha value is -1.90. The molecule has 90 valence electrons. The van der Waals surface area contributed by atoms with E-state index in [2.05, 4.69) is 0 Å². The smallest absolute Gasteiger partial charge is 0.338 e.